The lowest BCUT2D eigenvalue weighted by molar-refractivity contribution is -0.135. The molecule has 1 amide bonds. The second kappa shape index (κ2) is 4.30. The molecule has 17 heavy (non-hydrogen) atoms. The fourth-order valence-electron chi connectivity index (χ4n) is 2.52. The van der Waals surface area contributed by atoms with Crippen LogP contribution in [-0.2, 0) is 4.79 Å². The Balaban J connectivity index is 1.84. The molecule has 4 nitrogen and oxygen atoms in total. The van der Waals surface area contributed by atoms with Crippen LogP contribution < -0.4 is 0 Å². The molecule has 1 saturated heterocycles. The Hall–Kier alpha value is -1.08. The molecule has 2 atom stereocenters. The quantitative estimate of drug-likeness (QED) is 0.720. The fraction of sp³-hybridized carbons (Fsp3) is 0.846. The number of hydrogen-bond acceptors (Lipinski definition) is 3. The lowest BCUT2D eigenvalue weighted by Gasteiger charge is -2.36. The van der Waals surface area contributed by atoms with E-state index in [1.54, 1.807) is 0 Å². The molecule has 94 valence electrons. The van der Waals surface area contributed by atoms with Crippen LogP contribution in [0, 0.1) is 22.7 Å². The molecule has 0 aromatic rings. The molecule has 2 fully saturated rings. The van der Waals surface area contributed by atoms with E-state index < -0.39 is 0 Å². The largest absolute Gasteiger partial charge is 0.340 e. The SMILES string of the molecule is CC(C#N)N1CCN(C(=O)C2CC2(C)C)CC1. The van der Waals surface area contributed by atoms with Gasteiger partial charge in [-0.1, -0.05) is 13.8 Å². The van der Waals surface area contributed by atoms with Crippen molar-refractivity contribution in [2.24, 2.45) is 11.3 Å². The van der Waals surface area contributed by atoms with Crippen molar-refractivity contribution in [3.8, 4) is 6.07 Å². The number of rotatable bonds is 2. The highest BCUT2D eigenvalue weighted by molar-refractivity contribution is 5.82. The van der Waals surface area contributed by atoms with Gasteiger partial charge in [0.05, 0.1) is 12.1 Å². The van der Waals surface area contributed by atoms with Gasteiger partial charge in [-0.15, -0.1) is 0 Å². The molecule has 2 rings (SSSR count). The van der Waals surface area contributed by atoms with Gasteiger partial charge in [-0.05, 0) is 18.8 Å². The minimum atomic E-state index is -0.0374. The van der Waals surface area contributed by atoms with E-state index in [0.717, 1.165) is 32.6 Å². The van der Waals surface area contributed by atoms with Gasteiger partial charge in [0.15, 0.2) is 0 Å². The first-order valence-corrected chi connectivity index (χ1v) is 6.38. The molecule has 0 aromatic heterocycles. The summed E-state index contributed by atoms with van der Waals surface area (Å²) in [5.74, 6) is 0.557. The van der Waals surface area contributed by atoms with Crippen LogP contribution in [-0.4, -0.2) is 47.9 Å². The van der Waals surface area contributed by atoms with Crippen molar-refractivity contribution in [1.29, 1.82) is 5.26 Å². The zero-order valence-electron chi connectivity index (χ0n) is 10.9. The van der Waals surface area contributed by atoms with Gasteiger partial charge in [-0.3, -0.25) is 9.69 Å². The molecule has 1 heterocycles. The minimum absolute atomic E-state index is 0.0374. The van der Waals surface area contributed by atoms with Gasteiger partial charge in [0.2, 0.25) is 5.91 Å². The number of hydrogen-bond donors (Lipinski definition) is 0. The summed E-state index contributed by atoms with van der Waals surface area (Å²) in [4.78, 5) is 16.3. The summed E-state index contributed by atoms with van der Waals surface area (Å²) in [5.41, 5.74) is 0.216. The first kappa shape index (κ1) is 12.4. The Labute approximate surface area is 103 Å². The Kier molecular flexibility index (Phi) is 3.13. The van der Waals surface area contributed by atoms with Crippen molar-refractivity contribution in [3.63, 3.8) is 0 Å². The van der Waals surface area contributed by atoms with Crippen molar-refractivity contribution in [2.45, 2.75) is 33.2 Å². The first-order valence-electron chi connectivity index (χ1n) is 6.38. The van der Waals surface area contributed by atoms with E-state index in [0.29, 0.717) is 5.91 Å². The van der Waals surface area contributed by atoms with Gasteiger partial charge in [-0.25, -0.2) is 0 Å². The van der Waals surface area contributed by atoms with Gasteiger partial charge in [0.25, 0.3) is 0 Å². The normalized spacial score (nSPS) is 29.5. The molecule has 1 aliphatic carbocycles. The van der Waals surface area contributed by atoms with Crippen molar-refractivity contribution in [3.05, 3.63) is 0 Å². The number of piperazine rings is 1. The Morgan fingerprint density at radius 3 is 2.29 bits per heavy atom. The molecule has 0 radical (unpaired) electrons. The monoisotopic (exact) mass is 235 g/mol. The van der Waals surface area contributed by atoms with E-state index in [9.17, 15) is 4.79 Å². The topological polar surface area (TPSA) is 47.3 Å². The Morgan fingerprint density at radius 1 is 1.35 bits per heavy atom. The third-order valence-electron chi connectivity index (χ3n) is 4.17. The van der Waals surface area contributed by atoms with Gasteiger partial charge in [0.1, 0.15) is 0 Å². The summed E-state index contributed by atoms with van der Waals surface area (Å²) in [5, 5.41) is 8.86. The number of nitriles is 1. The van der Waals surface area contributed by atoms with Gasteiger partial charge >= 0.3 is 0 Å². The second-order valence-corrected chi connectivity index (χ2v) is 5.91. The standard InChI is InChI=1S/C13H21N3O/c1-10(9-14)15-4-6-16(7-5-15)12(17)11-8-13(11,2)3/h10-11H,4-8H2,1-3H3. The first-order chi connectivity index (χ1) is 7.95. The molecule has 4 heteroatoms. The van der Waals surface area contributed by atoms with Crippen molar-refractivity contribution in [2.75, 3.05) is 26.2 Å². The molecule has 2 aliphatic rings. The smallest absolute Gasteiger partial charge is 0.226 e. The van der Waals surface area contributed by atoms with E-state index in [1.807, 2.05) is 11.8 Å². The van der Waals surface area contributed by atoms with Crippen molar-refractivity contribution >= 4 is 5.91 Å². The maximum atomic E-state index is 12.2. The van der Waals surface area contributed by atoms with E-state index in [4.69, 9.17) is 5.26 Å². The van der Waals surface area contributed by atoms with Crippen LogP contribution in [0.5, 0.6) is 0 Å². The third kappa shape index (κ3) is 2.44. The molecule has 2 unspecified atom stereocenters. The zero-order valence-corrected chi connectivity index (χ0v) is 10.9. The summed E-state index contributed by atoms with van der Waals surface area (Å²) < 4.78 is 0. The van der Waals surface area contributed by atoms with E-state index in [2.05, 4.69) is 24.8 Å². The average Bonchev–Trinajstić information content (AvgIpc) is 2.97. The van der Waals surface area contributed by atoms with Crippen LogP contribution in [0.1, 0.15) is 27.2 Å². The van der Waals surface area contributed by atoms with Crippen molar-refractivity contribution in [1.82, 2.24) is 9.80 Å². The molecule has 1 saturated carbocycles. The summed E-state index contributed by atoms with van der Waals surface area (Å²) >= 11 is 0. The summed E-state index contributed by atoms with van der Waals surface area (Å²) in [6, 6.07) is 2.21. The Morgan fingerprint density at radius 2 is 1.88 bits per heavy atom. The van der Waals surface area contributed by atoms with Gasteiger partial charge in [-0.2, -0.15) is 5.26 Å². The zero-order chi connectivity index (χ0) is 12.6. The highest BCUT2D eigenvalue weighted by Crippen LogP contribution is 2.52. The van der Waals surface area contributed by atoms with Gasteiger partial charge in [0, 0.05) is 32.1 Å². The van der Waals surface area contributed by atoms with Crippen LogP contribution in [0.4, 0.5) is 0 Å². The van der Waals surface area contributed by atoms with E-state index >= 15 is 0 Å². The molecule has 1 aliphatic heterocycles. The maximum Gasteiger partial charge on any atom is 0.226 e. The number of carbonyl (C=O) groups excluding carboxylic acids is 1. The molecule has 0 spiro atoms. The predicted octanol–water partition coefficient (Wildman–Crippen LogP) is 1.09. The number of nitrogens with zero attached hydrogens (tertiary/aromatic N) is 3. The second-order valence-electron chi connectivity index (χ2n) is 5.91. The van der Waals surface area contributed by atoms with Crippen LogP contribution in [0.2, 0.25) is 0 Å². The number of amides is 1. The highest BCUT2D eigenvalue weighted by Gasteiger charge is 2.52. The van der Waals surface area contributed by atoms with Crippen molar-refractivity contribution < 1.29 is 4.79 Å². The third-order valence-corrected chi connectivity index (χ3v) is 4.17. The molecule has 0 bridgehead atoms. The molecule has 0 N–H and O–H groups in total. The average molecular weight is 235 g/mol. The number of carbonyl (C=O) groups is 1. The summed E-state index contributed by atoms with van der Waals surface area (Å²) in [6.07, 6.45) is 1.03. The van der Waals surface area contributed by atoms with Crippen LogP contribution in [0.25, 0.3) is 0 Å². The highest BCUT2D eigenvalue weighted by atomic mass is 16.2. The fourth-order valence-corrected chi connectivity index (χ4v) is 2.52. The summed E-state index contributed by atoms with van der Waals surface area (Å²) in [6.45, 7) is 9.44. The van der Waals surface area contributed by atoms with E-state index in [-0.39, 0.29) is 17.4 Å². The Bertz CT molecular complexity index is 350. The van der Waals surface area contributed by atoms with E-state index in [1.165, 1.54) is 0 Å². The minimum Gasteiger partial charge on any atom is -0.340 e. The molecular weight excluding hydrogens is 214 g/mol. The lowest BCUT2D eigenvalue weighted by Crippen LogP contribution is -2.51. The molecular formula is C13H21N3O. The van der Waals surface area contributed by atoms with Crippen LogP contribution >= 0.6 is 0 Å². The van der Waals surface area contributed by atoms with Crippen LogP contribution in [0.3, 0.4) is 0 Å². The lowest BCUT2D eigenvalue weighted by atomic mass is 10.1. The van der Waals surface area contributed by atoms with Crippen LogP contribution in [0.15, 0.2) is 0 Å². The van der Waals surface area contributed by atoms with Gasteiger partial charge < -0.3 is 4.90 Å². The summed E-state index contributed by atoms with van der Waals surface area (Å²) in [7, 11) is 0. The molecule has 0 aromatic carbocycles. The predicted molar refractivity (Wildman–Crippen MR) is 65.1 cm³/mol. The maximum absolute atomic E-state index is 12.2.